The van der Waals surface area contributed by atoms with Gasteiger partial charge in [0.1, 0.15) is 0 Å². The van der Waals surface area contributed by atoms with Gasteiger partial charge in [0.25, 0.3) is 5.91 Å². The first-order valence-corrected chi connectivity index (χ1v) is 10.1. The van der Waals surface area contributed by atoms with E-state index in [0.717, 1.165) is 25.7 Å². The summed E-state index contributed by atoms with van der Waals surface area (Å²) in [6, 6.07) is 9.99. The van der Waals surface area contributed by atoms with Gasteiger partial charge in [-0.15, -0.1) is 0 Å². The van der Waals surface area contributed by atoms with Crippen molar-refractivity contribution >= 4 is 23.2 Å². The van der Waals surface area contributed by atoms with Gasteiger partial charge in [-0.3, -0.25) is 14.4 Å². The van der Waals surface area contributed by atoms with Crippen LogP contribution >= 0.6 is 0 Å². The van der Waals surface area contributed by atoms with E-state index in [1.54, 1.807) is 36.4 Å². The van der Waals surface area contributed by atoms with Crippen LogP contribution < -0.4 is 10.6 Å². The molecule has 2 aliphatic carbocycles. The van der Waals surface area contributed by atoms with Gasteiger partial charge in [0.05, 0.1) is 23.4 Å². The Kier molecular flexibility index (Phi) is 5.45. The molecule has 6 nitrogen and oxygen atoms in total. The highest BCUT2D eigenvalue weighted by Gasteiger charge is 2.33. The Morgan fingerprint density at radius 1 is 0.931 bits per heavy atom. The van der Waals surface area contributed by atoms with Gasteiger partial charge in [0.2, 0.25) is 0 Å². The molecule has 29 heavy (non-hydrogen) atoms. The lowest BCUT2D eigenvalue weighted by atomic mass is 9.82. The lowest BCUT2D eigenvalue weighted by molar-refractivity contribution is 0.0927. The molecule has 0 unspecified atom stereocenters. The molecule has 0 spiro atoms. The summed E-state index contributed by atoms with van der Waals surface area (Å²) in [7, 11) is 0. The smallest absolute Gasteiger partial charge is 0.253 e. The molecule has 0 aliphatic heterocycles. The van der Waals surface area contributed by atoms with Gasteiger partial charge in [0, 0.05) is 29.3 Å². The fourth-order valence-corrected chi connectivity index (χ4v) is 4.25. The van der Waals surface area contributed by atoms with Gasteiger partial charge < -0.3 is 15.7 Å². The second-order valence-corrected chi connectivity index (χ2v) is 7.57. The molecule has 0 saturated heterocycles. The quantitative estimate of drug-likeness (QED) is 0.621. The molecule has 1 amide bonds. The van der Waals surface area contributed by atoms with E-state index in [0.29, 0.717) is 22.4 Å². The van der Waals surface area contributed by atoms with E-state index in [4.69, 9.17) is 0 Å². The van der Waals surface area contributed by atoms with Gasteiger partial charge >= 0.3 is 0 Å². The number of carbonyl (C=O) groups excluding carboxylic acids is 3. The Labute approximate surface area is 169 Å². The number of carbonyl (C=O) groups is 3. The Bertz CT molecular complexity index is 977. The molecule has 4 rings (SSSR count). The van der Waals surface area contributed by atoms with Crippen LogP contribution in [0.3, 0.4) is 0 Å². The molecule has 2 aromatic rings. The summed E-state index contributed by atoms with van der Waals surface area (Å²) in [5, 5.41) is 15.4. The van der Waals surface area contributed by atoms with Crippen LogP contribution in [0.25, 0.3) is 0 Å². The summed E-state index contributed by atoms with van der Waals surface area (Å²) in [5.41, 5.74) is 1.84. The van der Waals surface area contributed by atoms with Crippen LogP contribution in [0.2, 0.25) is 0 Å². The molecule has 0 aromatic heterocycles. The number of aliphatic hydroxyl groups excluding tert-OH is 1. The predicted octanol–water partition coefficient (Wildman–Crippen LogP) is 2.93. The molecule has 2 aromatic carbocycles. The van der Waals surface area contributed by atoms with Crippen LogP contribution in [0.5, 0.6) is 0 Å². The molecule has 0 heterocycles. The van der Waals surface area contributed by atoms with E-state index in [2.05, 4.69) is 10.6 Å². The maximum Gasteiger partial charge on any atom is 0.253 e. The number of rotatable bonds is 5. The van der Waals surface area contributed by atoms with Gasteiger partial charge in [-0.25, -0.2) is 0 Å². The molecule has 1 fully saturated rings. The van der Waals surface area contributed by atoms with Gasteiger partial charge in [0.15, 0.2) is 11.6 Å². The Morgan fingerprint density at radius 3 is 2.31 bits per heavy atom. The van der Waals surface area contributed by atoms with Crippen molar-refractivity contribution in [3.05, 3.63) is 64.2 Å². The van der Waals surface area contributed by atoms with Crippen molar-refractivity contribution in [2.45, 2.75) is 38.1 Å². The van der Waals surface area contributed by atoms with Crippen molar-refractivity contribution in [2.24, 2.45) is 0 Å². The Hall–Kier alpha value is -2.99. The molecule has 0 atom stereocenters. The molecule has 3 N–H and O–H groups in total. The van der Waals surface area contributed by atoms with Crippen LogP contribution in [-0.4, -0.2) is 41.8 Å². The second-order valence-electron chi connectivity index (χ2n) is 7.57. The highest BCUT2D eigenvalue weighted by atomic mass is 16.3. The fraction of sp³-hybridized carbons (Fsp3) is 0.348. The molecule has 0 bridgehead atoms. The van der Waals surface area contributed by atoms with Crippen molar-refractivity contribution < 1.29 is 19.5 Å². The average molecular weight is 392 g/mol. The number of nitrogens with one attached hydrogen (secondary N) is 2. The number of ketones is 2. The summed E-state index contributed by atoms with van der Waals surface area (Å²) in [6.07, 6.45) is 5.26. The third kappa shape index (κ3) is 3.56. The molecule has 6 heteroatoms. The lowest BCUT2D eigenvalue weighted by Gasteiger charge is -2.25. The monoisotopic (exact) mass is 392 g/mol. The first-order valence-electron chi connectivity index (χ1n) is 10.1. The number of anilines is 1. The highest BCUT2D eigenvalue weighted by molar-refractivity contribution is 6.31. The zero-order chi connectivity index (χ0) is 20.4. The van der Waals surface area contributed by atoms with E-state index < -0.39 is 0 Å². The molecule has 150 valence electrons. The van der Waals surface area contributed by atoms with Crippen molar-refractivity contribution in [3.8, 4) is 0 Å². The van der Waals surface area contributed by atoms with Crippen LogP contribution in [0, 0.1) is 0 Å². The van der Waals surface area contributed by atoms with Crippen molar-refractivity contribution in [1.82, 2.24) is 5.32 Å². The van der Waals surface area contributed by atoms with Crippen molar-refractivity contribution in [1.29, 1.82) is 0 Å². The topological polar surface area (TPSA) is 95.5 Å². The molecular formula is C23H24N2O4. The number of amides is 1. The van der Waals surface area contributed by atoms with Crippen LogP contribution in [0.15, 0.2) is 36.4 Å². The standard InChI is InChI=1S/C23H24N2O4/c26-13-12-24-20-18(23(29)25-14-6-2-1-3-7-14)11-10-17-19(20)22(28)16-9-5-4-8-15(16)21(17)27/h4-5,8-11,14,24,26H,1-3,6-7,12-13H2,(H,25,29). The van der Waals surface area contributed by atoms with Crippen LogP contribution in [0.1, 0.15) is 74.3 Å². The SMILES string of the molecule is O=C(NC1CCCCC1)c1ccc2c(c1NCCO)C(=O)c1ccccc1C2=O. The minimum absolute atomic E-state index is 0.121. The van der Waals surface area contributed by atoms with Crippen molar-refractivity contribution in [2.75, 3.05) is 18.5 Å². The Balaban J connectivity index is 1.76. The highest BCUT2D eigenvalue weighted by Crippen LogP contribution is 2.34. The maximum absolute atomic E-state index is 13.2. The predicted molar refractivity (Wildman–Crippen MR) is 110 cm³/mol. The molecular weight excluding hydrogens is 368 g/mol. The van der Waals surface area contributed by atoms with Gasteiger partial charge in [-0.05, 0) is 25.0 Å². The molecule has 2 aliphatic rings. The Morgan fingerprint density at radius 2 is 1.62 bits per heavy atom. The van der Waals surface area contributed by atoms with Crippen LogP contribution in [-0.2, 0) is 0 Å². The van der Waals surface area contributed by atoms with Gasteiger partial charge in [-0.2, -0.15) is 0 Å². The van der Waals surface area contributed by atoms with E-state index in [1.807, 2.05) is 0 Å². The first-order chi connectivity index (χ1) is 14.1. The first kappa shape index (κ1) is 19.3. The summed E-state index contributed by atoms with van der Waals surface area (Å²) in [5.74, 6) is -0.788. The van der Waals surface area contributed by atoms with Gasteiger partial charge in [-0.1, -0.05) is 43.5 Å². The minimum Gasteiger partial charge on any atom is -0.395 e. The summed E-state index contributed by atoms with van der Waals surface area (Å²) < 4.78 is 0. The van der Waals surface area contributed by atoms with Crippen LogP contribution in [0.4, 0.5) is 5.69 Å². The number of aliphatic hydroxyl groups is 1. The maximum atomic E-state index is 13.2. The molecule has 0 radical (unpaired) electrons. The third-order valence-electron chi connectivity index (χ3n) is 5.69. The van der Waals surface area contributed by atoms with E-state index in [-0.39, 0.29) is 47.8 Å². The number of fused-ring (bicyclic) bond motifs is 2. The lowest BCUT2D eigenvalue weighted by Crippen LogP contribution is -2.37. The van der Waals surface area contributed by atoms with E-state index in [1.165, 1.54) is 6.42 Å². The normalized spacial score (nSPS) is 16.2. The fourth-order valence-electron chi connectivity index (χ4n) is 4.25. The summed E-state index contributed by atoms with van der Waals surface area (Å²) in [4.78, 5) is 39.2. The third-order valence-corrected chi connectivity index (χ3v) is 5.69. The number of benzene rings is 2. The summed E-state index contributed by atoms with van der Waals surface area (Å²) >= 11 is 0. The summed E-state index contributed by atoms with van der Waals surface area (Å²) in [6.45, 7) is 0.00928. The van der Waals surface area contributed by atoms with E-state index in [9.17, 15) is 19.5 Å². The average Bonchev–Trinajstić information content (AvgIpc) is 2.76. The molecule has 1 saturated carbocycles. The number of hydrogen-bond donors (Lipinski definition) is 3. The van der Waals surface area contributed by atoms with E-state index >= 15 is 0 Å². The number of hydrogen-bond acceptors (Lipinski definition) is 5. The largest absolute Gasteiger partial charge is 0.395 e. The zero-order valence-corrected chi connectivity index (χ0v) is 16.2. The van der Waals surface area contributed by atoms with Crippen molar-refractivity contribution in [3.63, 3.8) is 0 Å². The second kappa shape index (κ2) is 8.17. The minimum atomic E-state index is -0.289. The zero-order valence-electron chi connectivity index (χ0n) is 16.2.